The summed E-state index contributed by atoms with van der Waals surface area (Å²) in [4.78, 5) is 3.75. The number of halogens is 2. The predicted molar refractivity (Wildman–Crippen MR) is 52.1 cm³/mol. The Hall–Kier alpha value is -0.840. The first-order valence-electron chi connectivity index (χ1n) is 3.79. The molecule has 0 fully saturated rings. The smallest absolute Gasteiger partial charge is 0.230 e. The first kappa shape index (κ1) is 10.2. The molecule has 5 heteroatoms. The van der Waals surface area contributed by atoms with Crippen molar-refractivity contribution in [3.8, 4) is 5.88 Å². The third kappa shape index (κ3) is 2.55. The standard InChI is InChI=1S/C8H10BrFN2O/c1-4(2)13-8-5(9)3-6(10)7(11)12-8/h3-4H,1-2H3,(H2,11,12). The van der Waals surface area contributed by atoms with Gasteiger partial charge in [0.2, 0.25) is 5.88 Å². The Morgan fingerprint density at radius 1 is 1.62 bits per heavy atom. The van der Waals surface area contributed by atoms with Gasteiger partial charge in [0, 0.05) is 0 Å². The number of nitrogens with two attached hydrogens (primary N) is 1. The molecule has 1 heterocycles. The number of rotatable bonds is 2. The number of aromatic nitrogens is 1. The molecule has 0 bridgehead atoms. The molecule has 0 unspecified atom stereocenters. The molecule has 1 rings (SSSR count). The Labute approximate surface area is 84.2 Å². The molecular formula is C8H10BrFN2O. The molecule has 2 N–H and O–H groups in total. The second-order valence-electron chi connectivity index (χ2n) is 2.81. The van der Waals surface area contributed by atoms with Crippen LogP contribution >= 0.6 is 15.9 Å². The lowest BCUT2D eigenvalue weighted by Gasteiger charge is -2.10. The molecule has 0 aliphatic carbocycles. The minimum Gasteiger partial charge on any atom is -0.474 e. The number of nitrogen functional groups attached to an aromatic ring is 1. The van der Waals surface area contributed by atoms with Crippen molar-refractivity contribution in [1.82, 2.24) is 4.98 Å². The molecule has 0 atom stereocenters. The first-order valence-corrected chi connectivity index (χ1v) is 4.58. The van der Waals surface area contributed by atoms with Crippen LogP contribution in [0.15, 0.2) is 10.5 Å². The molecule has 1 aromatic heterocycles. The summed E-state index contributed by atoms with van der Waals surface area (Å²) in [7, 11) is 0. The normalized spacial score (nSPS) is 10.5. The van der Waals surface area contributed by atoms with Gasteiger partial charge in [-0.3, -0.25) is 0 Å². The van der Waals surface area contributed by atoms with Crippen molar-refractivity contribution >= 4 is 21.7 Å². The summed E-state index contributed by atoms with van der Waals surface area (Å²) in [5.41, 5.74) is 5.28. The van der Waals surface area contributed by atoms with Crippen LogP contribution in [0.1, 0.15) is 13.8 Å². The van der Waals surface area contributed by atoms with E-state index in [4.69, 9.17) is 10.5 Å². The van der Waals surface area contributed by atoms with Crippen LogP contribution in [-0.2, 0) is 0 Å². The fourth-order valence-corrected chi connectivity index (χ4v) is 1.15. The molecule has 3 nitrogen and oxygen atoms in total. The Balaban J connectivity index is 3.01. The number of ether oxygens (including phenoxy) is 1. The zero-order chi connectivity index (χ0) is 10.0. The number of hydrogen-bond donors (Lipinski definition) is 1. The van der Waals surface area contributed by atoms with Gasteiger partial charge in [-0.25, -0.2) is 4.39 Å². The van der Waals surface area contributed by atoms with Crippen LogP contribution in [0.2, 0.25) is 0 Å². The van der Waals surface area contributed by atoms with Gasteiger partial charge in [0.05, 0.1) is 10.6 Å². The molecule has 0 aromatic carbocycles. The zero-order valence-electron chi connectivity index (χ0n) is 7.34. The third-order valence-electron chi connectivity index (χ3n) is 1.27. The van der Waals surface area contributed by atoms with Crippen LogP contribution in [0.4, 0.5) is 10.2 Å². The van der Waals surface area contributed by atoms with Gasteiger partial charge in [0.1, 0.15) is 0 Å². The second kappa shape index (κ2) is 3.91. The second-order valence-corrected chi connectivity index (χ2v) is 3.66. The molecule has 0 aliphatic rings. The Kier molecular flexibility index (Phi) is 3.08. The highest BCUT2D eigenvalue weighted by Gasteiger charge is 2.09. The number of nitrogens with zero attached hydrogens (tertiary/aromatic N) is 1. The van der Waals surface area contributed by atoms with Gasteiger partial charge < -0.3 is 10.5 Å². The summed E-state index contributed by atoms with van der Waals surface area (Å²) in [6, 6.07) is 1.24. The summed E-state index contributed by atoms with van der Waals surface area (Å²) in [5.74, 6) is -0.393. The van der Waals surface area contributed by atoms with Crippen LogP contribution < -0.4 is 10.5 Å². The molecule has 72 valence electrons. The average Bonchev–Trinajstić information content (AvgIpc) is 1.99. The van der Waals surface area contributed by atoms with Crippen molar-refractivity contribution in [3.63, 3.8) is 0 Å². The summed E-state index contributed by atoms with van der Waals surface area (Å²) in [6.45, 7) is 3.71. The Morgan fingerprint density at radius 3 is 2.77 bits per heavy atom. The van der Waals surface area contributed by atoms with Crippen molar-refractivity contribution in [2.24, 2.45) is 0 Å². The van der Waals surface area contributed by atoms with Gasteiger partial charge in [0.15, 0.2) is 11.6 Å². The van der Waals surface area contributed by atoms with E-state index >= 15 is 0 Å². The SMILES string of the molecule is CC(C)Oc1nc(N)c(F)cc1Br. The van der Waals surface area contributed by atoms with Gasteiger partial charge in [-0.15, -0.1) is 0 Å². The van der Waals surface area contributed by atoms with E-state index in [1.807, 2.05) is 13.8 Å². The van der Waals surface area contributed by atoms with Crippen LogP contribution in [-0.4, -0.2) is 11.1 Å². The highest BCUT2D eigenvalue weighted by atomic mass is 79.9. The van der Waals surface area contributed by atoms with Crippen LogP contribution in [0.5, 0.6) is 5.88 Å². The molecule has 0 saturated heterocycles. The molecule has 0 spiro atoms. The van der Waals surface area contributed by atoms with Crippen molar-refractivity contribution < 1.29 is 9.13 Å². The maximum atomic E-state index is 12.8. The van der Waals surface area contributed by atoms with Gasteiger partial charge in [-0.1, -0.05) is 0 Å². The molecule has 0 saturated carbocycles. The quantitative estimate of drug-likeness (QED) is 0.875. The Bertz CT molecular complexity index is 317. The van der Waals surface area contributed by atoms with E-state index in [1.54, 1.807) is 0 Å². The summed E-state index contributed by atoms with van der Waals surface area (Å²) >= 11 is 3.13. The van der Waals surface area contributed by atoms with Gasteiger partial charge >= 0.3 is 0 Å². The van der Waals surface area contributed by atoms with Crippen LogP contribution in [0.25, 0.3) is 0 Å². The zero-order valence-corrected chi connectivity index (χ0v) is 8.93. The van der Waals surface area contributed by atoms with Gasteiger partial charge in [0.25, 0.3) is 0 Å². The van der Waals surface area contributed by atoms with Crippen LogP contribution in [0, 0.1) is 5.82 Å². The van der Waals surface area contributed by atoms with E-state index in [1.165, 1.54) is 6.07 Å². The minimum absolute atomic E-state index is 0.0198. The molecule has 0 amide bonds. The highest BCUT2D eigenvalue weighted by Crippen LogP contribution is 2.26. The lowest BCUT2D eigenvalue weighted by atomic mass is 10.4. The molecular weight excluding hydrogens is 239 g/mol. The van der Waals surface area contributed by atoms with E-state index < -0.39 is 5.82 Å². The fourth-order valence-electron chi connectivity index (χ4n) is 0.769. The first-order chi connectivity index (χ1) is 6.00. The number of anilines is 1. The maximum Gasteiger partial charge on any atom is 0.230 e. The molecule has 13 heavy (non-hydrogen) atoms. The molecule has 1 aromatic rings. The lowest BCUT2D eigenvalue weighted by molar-refractivity contribution is 0.231. The summed E-state index contributed by atoms with van der Waals surface area (Å²) in [6.07, 6.45) is -0.0198. The predicted octanol–water partition coefficient (Wildman–Crippen LogP) is 2.35. The monoisotopic (exact) mass is 248 g/mol. The van der Waals surface area contributed by atoms with E-state index in [0.717, 1.165) is 0 Å². The number of pyridine rings is 1. The van der Waals surface area contributed by atoms with Crippen LogP contribution in [0.3, 0.4) is 0 Å². The molecule has 0 radical (unpaired) electrons. The summed E-state index contributed by atoms with van der Waals surface area (Å²) in [5, 5.41) is 0. The van der Waals surface area contributed by atoms with Crippen molar-refractivity contribution in [1.29, 1.82) is 0 Å². The topological polar surface area (TPSA) is 48.1 Å². The maximum absolute atomic E-state index is 12.8. The van der Waals surface area contributed by atoms with Crippen molar-refractivity contribution in [3.05, 3.63) is 16.4 Å². The highest BCUT2D eigenvalue weighted by molar-refractivity contribution is 9.10. The van der Waals surface area contributed by atoms with Gasteiger partial charge in [-0.2, -0.15) is 4.98 Å². The minimum atomic E-state index is -0.553. The third-order valence-corrected chi connectivity index (χ3v) is 1.84. The fraction of sp³-hybridized carbons (Fsp3) is 0.375. The van der Waals surface area contributed by atoms with E-state index in [2.05, 4.69) is 20.9 Å². The number of hydrogen-bond acceptors (Lipinski definition) is 3. The van der Waals surface area contributed by atoms with E-state index in [9.17, 15) is 4.39 Å². The average molecular weight is 249 g/mol. The van der Waals surface area contributed by atoms with Crippen molar-refractivity contribution in [2.45, 2.75) is 20.0 Å². The largest absolute Gasteiger partial charge is 0.474 e. The van der Waals surface area contributed by atoms with E-state index in [-0.39, 0.29) is 11.9 Å². The lowest BCUT2D eigenvalue weighted by Crippen LogP contribution is -2.09. The Morgan fingerprint density at radius 2 is 2.23 bits per heavy atom. The summed E-state index contributed by atoms with van der Waals surface area (Å²) < 4.78 is 18.6. The van der Waals surface area contributed by atoms with Gasteiger partial charge in [-0.05, 0) is 35.8 Å². The van der Waals surface area contributed by atoms with E-state index in [0.29, 0.717) is 10.4 Å². The molecule has 0 aliphatic heterocycles. The van der Waals surface area contributed by atoms with Crippen molar-refractivity contribution in [2.75, 3.05) is 5.73 Å².